The summed E-state index contributed by atoms with van der Waals surface area (Å²) in [6.07, 6.45) is 4.31. The van der Waals surface area contributed by atoms with Gasteiger partial charge in [0.25, 0.3) is 0 Å². The summed E-state index contributed by atoms with van der Waals surface area (Å²) in [6, 6.07) is 0. The van der Waals surface area contributed by atoms with E-state index < -0.39 is 0 Å². The minimum absolute atomic E-state index is 0.00708. The third-order valence-electron chi connectivity index (χ3n) is 9.56. The predicted molar refractivity (Wildman–Crippen MR) is 86.2 cm³/mol. The van der Waals surface area contributed by atoms with Crippen molar-refractivity contribution < 1.29 is 9.59 Å². The molecule has 22 heavy (non-hydrogen) atoms. The molecule has 4 aliphatic carbocycles. The minimum Gasteiger partial charge on any atom is -0.299 e. The van der Waals surface area contributed by atoms with Gasteiger partial charge in [-0.15, -0.1) is 0 Å². The summed E-state index contributed by atoms with van der Waals surface area (Å²) in [5, 5.41) is 0. The van der Waals surface area contributed by atoms with Crippen LogP contribution in [0.25, 0.3) is 0 Å². The molecule has 0 spiro atoms. The first kappa shape index (κ1) is 14.9. The monoisotopic (exact) mass is 302 g/mol. The van der Waals surface area contributed by atoms with E-state index in [0.717, 1.165) is 25.7 Å². The van der Waals surface area contributed by atoms with Gasteiger partial charge in [0.2, 0.25) is 0 Å². The predicted octanol–water partition coefficient (Wildman–Crippen LogP) is 4.27. The summed E-state index contributed by atoms with van der Waals surface area (Å²) in [5.74, 6) is 1.67. The van der Waals surface area contributed by atoms with Crippen molar-refractivity contribution in [3.8, 4) is 0 Å². The third-order valence-corrected chi connectivity index (χ3v) is 9.56. The molecular formula is C20H30O2. The molecular weight excluding hydrogens is 272 g/mol. The van der Waals surface area contributed by atoms with Gasteiger partial charge in [-0.1, -0.05) is 41.5 Å². The molecule has 0 heterocycles. The van der Waals surface area contributed by atoms with Crippen LogP contribution >= 0.6 is 0 Å². The fourth-order valence-electron chi connectivity index (χ4n) is 7.14. The zero-order valence-electron chi connectivity index (χ0n) is 15.0. The van der Waals surface area contributed by atoms with Crippen LogP contribution in [0, 0.1) is 45.3 Å². The average molecular weight is 302 g/mol. The second-order valence-corrected chi connectivity index (χ2v) is 10.2. The van der Waals surface area contributed by atoms with Crippen LogP contribution in [-0.2, 0) is 9.59 Å². The molecule has 0 aromatic heterocycles. The molecule has 6 atom stereocenters. The maximum atomic E-state index is 13.3. The summed E-state index contributed by atoms with van der Waals surface area (Å²) in [4.78, 5) is 26.6. The van der Waals surface area contributed by atoms with Gasteiger partial charge in [0.1, 0.15) is 11.6 Å². The molecule has 4 saturated carbocycles. The summed E-state index contributed by atoms with van der Waals surface area (Å²) in [7, 11) is 0. The Hall–Kier alpha value is -0.660. The van der Waals surface area contributed by atoms with Gasteiger partial charge < -0.3 is 0 Å². The van der Waals surface area contributed by atoms with Crippen LogP contribution in [0.1, 0.15) is 67.2 Å². The Kier molecular flexibility index (Phi) is 2.51. The van der Waals surface area contributed by atoms with E-state index in [9.17, 15) is 9.59 Å². The van der Waals surface area contributed by atoms with Crippen LogP contribution in [0.15, 0.2) is 0 Å². The van der Waals surface area contributed by atoms with Crippen LogP contribution in [0.5, 0.6) is 0 Å². The van der Waals surface area contributed by atoms with Gasteiger partial charge in [-0.05, 0) is 48.3 Å². The number of fused-ring (bicyclic) bond motifs is 4. The standard InChI is InChI=1S/C20H30O2/c1-17(2)11-7-9-19(17,5)15(21)13(11)14-12-8-10-20(6,16(14)22)18(12,3)4/h11-14H,7-10H2,1-6H3/t11-,12+,13-,14-,19-,20+/m0/s1. The van der Waals surface area contributed by atoms with Crippen molar-refractivity contribution in [2.45, 2.75) is 67.2 Å². The van der Waals surface area contributed by atoms with Crippen LogP contribution in [0.3, 0.4) is 0 Å². The molecule has 0 saturated heterocycles. The molecule has 0 N–H and O–H groups in total. The summed E-state index contributed by atoms with van der Waals surface area (Å²) < 4.78 is 0. The Labute approximate surface area is 134 Å². The normalized spacial score (nSPS) is 54.5. The maximum Gasteiger partial charge on any atom is 0.143 e. The van der Waals surface area contributed by atoms with Crippen molar-refractivity contribution in [2.24, 2.45) is 45.3 Å². The molecule has 0 aliphatic heterocycles. The lowest BCUT2D eigenvalue weighted by molar-refractivity contribution is -0.141. The molecule has 0 amide bonds. The molecule has 0 radical (unpaired) electrons. The largest absolute Gasteiger partial charge is 0.299 e. The number of hydrogen-bond donors (Lipinski definition) is 0. The number of carbonyl (C=O) groups excluding carboxylic acids is 2. The number of Topliss-reactive ketones (excluding diaryl/α,β-unsaturated/α-hetero) is 2. The summed E-state index contributed by atoms with van der Waals surface area (Å²) >= 11 is 0. The first-order valence-electron chi connectivity index (χ1n) is 9.09. The molecule has 0 unspecified atom stereocenters. The van der Waals surface area contributed by atoms with Crippen molar-refractivity contribution in [1.82, 2.24) is 0 Å². The van der Waals surface area contributed by atoms with Crippen molar-refractivity contribution in [2.75, 3.05) is 0 Å². The first-order chi connectivity index (χ1) is 10.00. The maximum absolute atomic E-state index is 13.3. The zero-order chi connectivity index (χ0) is 16.3. The highest BCUT2D eigenvalue weighted by molar-refractivity contribution is 6.00. The van der Waals surface area contributed by atoms with Crippen LogP contribution in [0.2, 0.25) is 0 Å². The number of ketones is 2. The Balaban J connectivity index is 1.80. The molecule has 2 heteroatoms. The van der Waals surface area contributed by atoms with Gasteiger partial charge in [0.15, 0.2) is 0 Å². The lowest BCUT2D eigenvalue weighted by Crippen LogP contribution is -2.41. The average Bonchev–Trinajstić information content (AvgIpc) is 2.90. The van der Waals surface area contributed by atoms with Gasteiger partial charge in [-0.25, -0.2) is 0 Å². The van der Waals surface area contributed by atoms with E-state index in [1.54, 1.807) is 0 Å². The Morgan fingerprint density at radius 2 is 1.00 bits per heavy atom. The second-order valence-electron chi connectivity index (χ2n) is 10.2. The molecule has 4 fully saturated rings. The topological polar surface area (TPSA) is 34.1 Å². The van der Waals surface area contributed by atoms with Crippen LogP contribution < -0.4 is 0 Å². The summed E-state index contributed by atoms with van der Waals surface area (Å²) in [6.45, 7) is 13.4. The Bertz CT molecular complexity index is 535. The van der Waals surface area contributed by atoms with E-state index in [1.165, 1.54) is 0 Å². The third kappa shape index (κ3) is 1.21. The minimum atomic E-state index is -0.199. The molecule has 4 rings (SSSR count). The lowest BCUT2D eigenvalue weighted by atomic mass is 9.67. The van der Waals surface area contributed by atoms with E-state index >= 15 is 0 Å². The van der Waals surface area contributed by atoms with Crippen molar-refractivity contribution >= 4 is 11.6 Å². The van der Waals surface area contributed by atoms with Gasteiger partial charge in [0, 0.05) is 22.7 Å². The lowest BCUT2D eigenvalue weighted by Gasteiger charge is -2.34. The number of hydrogen-bond acceptors (Lipinski definition) is 2. The summed E-state index contributed by atoms with van der Waals surface area (Å²) in [5.41, 5.74) is -0.283. The van der Waals surface area contributed by atoms with E-state index in [4.69, 9.17) is 0 Å². The zero-order valence-corrected chi connectivity index (χ0v) is 15.0. The van der Waals surface area contributed by atoms with Gasteiger partial charge in [-0.2, -0.15) is 0 Å². The number of carbonyl (C=O) groups is 2. The Morgan fingerprint density at radius 1 is 0.682 bits per heavy atom. The molecule has 0 aromatic carbocycles. The molecule has 0 aromatic rings. The quantitative estimate of drug-likeness (QED) is 0.725. The van der Waals surface area contributed by atoms with E-state index in [-0.39, 0.29) is 33.5 Å². The molecule has 122 valence electrons. The second kappa shape index (κ2) is 3.70. The fourth-order valence-corrected chi connectivity index (χ4v) is 7.14. The van der Waals surface area contributed by atoms with Gasteiger partial charge in [0.05, 0.1) is 0 Å². The van der Waals surface area contributed by atoms with E-state index in [0.29, 0.717) is 23.4 Å². The van der Waals surface area contributed by atoms with Crippen molar-refractivity contribution in [3.05, 3.63) is 0 Å². The van der Waals surface area contributed by atoms with Crippen LogP contribution in [-0.4, -0.2) is 11.6 Å². The Morgan fingerprint density at radius 3 is 1.23 bits per heavy atom. The van der Waals surface area contributed by atoms with Gasteiger partial charge in [-0.3, -0.25) is 9.59 Å². The number of rotatable bonds is 1. The smallest absolute Gasteiger partial charge is 0.143 e. The highest BCUT2D eigenvalue weighted by Crippen LogP contribution is 2.73. The van der Waals surface area contributed by atoms with Crippen molar-refractivity contribution in [1.29, 1.82) is 0 Å². The highest BCUT2D eigenvalue weighted by atomic mass is 16.1. The van der Waals surface area contributed by atoms with E-state index in [2.05, 4.69) is 41.5 Å². The SMILES string of the molecule is CC1(C)[C@H]2CC[C@@]1(C)C(=O)[C@@H]2[C@H]1C(=O)[C@@]2(C)CC[C@H]1C2(C)C. The molecule has 2 nitrogen and oxygen atoms in total. The van der Waals surface area contributed by atoms with Gasteiger partial charge >= 0.3 is 0 Å². The highest BCUT2D eigenvalue weighted by Gasteiger charge is 2.74. The van der Waals surface area contributed by atoms with Crippen molar-refractivity contribution in [3.63, 3.8) is 0 Å². The molecule has 4 bridgehead atoms. The first-order valence-corrected chi connectivity index (χ1v) is 9.09. The molecule has 4 aliphatic rings. The fraction of sp³-hybridized carbons (Fsp3) is 0.900. The van der Waals surface area contributed by atoms with Crippen LogP contribution in [0.4, 0.5) is 0 Å². The van der Waals surface area contributed by atoms with E-state index in [1.807, 2.05) is 0 Å².